The lowest BCUT2D eigenvalue weighted by atomic mass is 10.1. The topological polar surface area (TPSA) is 0 Å². The fourth-order valence-corrected chi connectivity index (χ4v) is 9.11. The first kappa shape index (κ1) is 18.8. The summed E-state index contributed by atoms with van der Waals surface area (Å²) >= 11 is 7.91. The highest BCUT2D eigenvalue weighted by Gasteiger charge is 2.16. The molecule has 0 aliphatic heterocycles. The number of hydrogen-bond donors (Lipinski definition) is 0. The van der Waals surface area contributed by atoms with Crippen molar-refractivity contribution in [2.45, 2.75) is 51.9 Å². The van der Waals surface area contributed by atoms with Gasteiger partial charge in [-0.3, -0.25) is 0 Å². The molecule has 0 nitrogen and oxygen atoms in total. The van der Waals surface area contributed by atoms with Crippen molar-refractivity contribution in [3.63, 3.8) is 0 Å². The summed E-state index contributed by atoms with van der Waals surface area (Å²) < 4.78 is 7.32. The zero-order valence-electron chi connectivity index (χ0n) is 16.1. The van der Waals surface area contributed by atoms with Gasteiger partial charge >= 0.3 is 0 Å². The Morgan fingerprint density at radius 1 is 0.643 bits per heavy atom. The molecule has 28 heavy (non-hydrogen) atoms. The van der Waals surface area contributed by atoms with Crippen molar-refractivity contribution in [3.8, 4) is 9.75 Å². The minimum Gasteiger partial charge on any atom is -0.139 e. The van der Waals surface area contributed by atoms with Gasteiger partial charge in [-0.05, 0) is 37.1 Å². The Morgan fingerprint density at radius 2 is 1.46 bits per heavy atom. The van der Waals surface area contributed by atoms with Crippen molar-refractivity contribution >= 4 is 74.2 Å². The average molecular weight is 441 g/mol. The maximum absolute atomic E-state index is 2.42. The van der Waals surface area contributed by atoms with Gasteiger partial charge in [0, 0.05) is 29.4 Å². The smallest absolute Gasteiger partial charge is 0.0642 e. The third-order valence-corrected chi connectivity index (χ3v) is 10.6. The van der Waals surface area contributed by atoms with Gasteiger partial charge in [-0.1, -0.05) is 57.2 Å². The van der Waals surface area contributed by atoms with Crippen LogP contribution in [-0.2, 0) is 6.42 Å². The van der Waals surface area contributed by atoms with Crippen LogP contribution in [0.5, 0.6) is 0 Å². The molecule has 0 N–H and O–H groups in total. The number of benzene rings is 1. The Hall–Kier alpha value is -1.20. The molecule has 0 bridgehead atoms. The van der Waals surface area contributed by atoms with Crippen molar-refractivity contribution in [2.75, 3.05) is 0 Å². The van der Waals surface area contributed by atoms with Crippen LogP contribution in [0.1, 0.15) is 50.3 Å². The van der Waals surface area contributed by atoms with Crippen LogP contribution in [-0.4, -0.2) is 0 Å². The normalized spacial score (nSPS) is 12.0. The summed E-state index contributed by atoms with van der Waals surface area (Å²) in [7, 11) is 0. The molecule has 0 amide bonds. The van der Waals surface area contributed by atoms with E-state index in [-0.39, 0.29) is 0 Å². The highest BCUT2D eigenvalue weighted by atomic mass is 32.1. The predicted octanol–water partition coefficient (Wildman–Crippen LogP) is 9.96. The molecule has 0 saturated heterocycles. The molecule has 144 valence electrons. The fourth-order valence-electron chi connectivity index (χ4n) is 3.84. The standard InChI is InChI=1S/C24H24S4/c1-2-3-4-5-6-7-10-16-13-14-19(25-16)20-15-21-23(27-20)24-22(28-21)17-11-8-9-12-18(17)26-24/h8-9,11-15H,2-7,10H2,1H3. The van der Waals surface area contributed by atoms with Crippen LogP contribution in [0.3, 0.4) is 0 Å². The van der Waals surface area contributed by atoms with E-state index in [9.17, 15) is 0 Å². The van der Waals surface area contributed by atoms with Crippen LogP contribution in [0, 0.1) is 0 Å². The molecule has 5 aromatic rings. The maximum Gasteiger partial charge on any atom is 0.0642 e. The summed E-state index contributed by atoms with van der Waals surface area (Å²) in [5, 5.41) is 1.43. The molecular formula is C24H24S4. The summed E-state index contributed by atoms with van der Waals surface area (Å²) in [6, 6.07) is 15.9. The molecule has 0 saturated carbocycles. The second-order valence-corrected chi connectivity index (χ2v) is 11.8. The number of fused-ring (bicyclic) bond motifs is 5. The van der Waals surface area contributed by atoms with Crippen molar-refractivity contribution in [3.05, 3.63) is 47.3 Å². The average Bonchev–Trinajstić information content (AvgIpc) is 3.45. The van der Waals surface area contributed by atoms with Gasteiger partial charge in [-0.15, -0.1) is 45.3 Å². The van der Waals surface area contributed by atoms with Crippen molar-refractivity contribution in [1.29, 1.82) is 0 Å². The molecule has 0 spiro atoms. The van der Waals surface area contributed by atoms with Gasteiger partial charge < -0.3 is 0 Å². The molecule has 1 aromatic carbocycles. The number of thiophene rings is 4. The summed E-state index contributed by atoms with van der Waals surface area (Å²) in [4.78, 5) is 4.44. The van der Waals surface area contributed by atoms with E-state index in [2.05, 4.69) is 49.4 Å². The molecule has 4 heterocycles. The largest absolute Gasteiger partial charge is 0.139 e. The molecule has 0 atom stereocenters. The van der Waals surface area contributed by atoms with Crippen molar-refractivity contribution in [2.24, 2.45) is 0 Å². The minimum absolute atomic E-state index is 1.25. The number of aryl methyl sites for hydroxylation is 1. The monoisotopic (exact) mass is 440 g/mol. The minimum atomic E-state index is 1.25. The zero-order valence-corrected chi connectivity index (χ0v) is 19.4. The van der Waals surface area contributed by atoms with Crippen LogP contribution < -0.4 is 0 Å². The van der Waals surface area contributed by atoms with E-state index < -0.39 is 0 Å². The van der Waals surface area contributed by atoms with Crippen molar-refractivity contribution in [1.82, 2.24) is 0 Å². The quantitative estimate of drug-likeness (QED) is 0.211. The molecule has 4 heteroatoms. The van der Waals surface area contributed by atoms with Crippen LogP contribution in [0.2, 0.25) is 0 Å². The Morgan fingerprint density at radius 3 is 2.39 bits per heavy atom. The molecule has 0 radical (unpaired) electrons. The fraction of sp³-hybridized carbons (Fsp3) is 0.333. The Balaban J connectivity index is 1.34. The number of hydrogen-bond acceptors (Lipinski definition) is 4. The van der Waals surface area contributed by atoms with E-state index in [4.69, 9.17) is 0 Å². The van der Waals surface area contributed by atoms with E-state index in [1.807, 2.05) is 45.3 Å². The van der Waals surface area contributed by atoms with Gasteiger partial charge in [0.15, 0.2) is 0 Å². The van der Waals surface area contributed by atoms with Crippen LogP contribution >= 0.6 is 45.3 Å². The maximum atomic E-state index is 2.42. The van der Waals surface area contributed by atoms with E-state index in [1.165, 1.54) is 83.6 Å². The Bertz CT molecular complexity index is 1210. The van der Waals surface area contributed by atoms with Gasteiger partial charge in [0.05, 0.1) is 14.1 Å². The summed E-state index contributed by atoms with van der Waals surface area (Å²) in [5.74, 6) is 0. The van der Waals surface area contributed by atoms with Crippen LogP contribution in [0.4, 0.5) is 0 Å². The summed E-state index contributed by atoms with van der Waals surface area (Å²) in [6.07, 6.45) is 9.50. The molecule has 0 unspecified atom stereocenters. The third-order valence-electron chi connectivity index (χ3n) is 5.35. The first-order chi connectivity index (χ1) is 13.8. The first-order valence-electron chi connectivity index (χ1n) is 10.3. The van der Waals surface area contributed by atoms with Crippen LogP contribution in [0.25, 0.3) is 38.6 Å². The highest BCUT2D eigenvalue weighted by molar-refractivity contribution is 7.42. The van der Waals surface area contributed by atoms with Gasteiger partial charge in [0.2, 0.25) is 0 Å². The van der Waals surface area contributed by atoms with E-state index in [0.717, 1.165) is 0 Å². The van der Waals surface area contributed by atoms with Gasteiger partial charge in [-0.2, -0.15) is 0 Å². The van der Waals surface area contributed by atoms with E-state index in [0.29, 0.717) is 0 Å². The van der Waals surface area contributed by atoms with Crippen molar-refractivity contribution < 1.29 is 0 Å². The lowest BCUT2D eigenvalue weighted by Crippen LogP contribution is -1.82. The summed E-state index contributed by atoms with van der Waals surface area (Å²) in [6.45, 7) is 2.29. The SMILES string of the molecule is CCCCCCCCc1ccc(-c2cc3sc4c5ccccc5sc4c3s2)s1. The molecular weight excluding hydrogens is 417 g/mol. The molecule has 0 aliphatic rings. The third kappa shape index (κ3) is 3.56. The van der Waals surface area contributed by atoms with Crippen LogP contribution in [0.15, 0.2) is 42.5 Å². The molecule has 0 fully saturated rings. The molecule has 5 rings (SSSR count). The lowest BCUT2D eigenvalue weighted by molar-refractivity contribution is 0.609. The second-order valence-electron chi connectivity index (χ2n) is 7.45. The lowest BCUT2D eigenvalue weighted by Gasteiger charge is -1.99. The van der Waals surface area contributed by atoms with E-state index in [1.54, 1.807) is 4.88 Å². The zero-order chi connectivity index (χ0) is 18.9. The van der Waals surface area contributed by atoms with E-state index >= 15 is 0 Å². The highest BCUT2D eigenvalue weighted by Crippen LogP contribution is 2.49. The Labute approximate surface area is 182 Å². The molecule has 4 aromatic heterocycles. The van der Waals surface area contributed by atoms with Gasteiger partial charge in [0.1, 0.15) is 0 Å². The van der Waals surface area contributed by atoms with Gasteiger partial charge in [0.25, 0.3) is 0 Å². The number of unbranched alkanes of at least 4 members (excludes halogenated alkanes) is 5. The Kier molecular flexibility index (Phi) is 5.56. The number of rotatable bonds is 8. The first-order valence-corrected chi connectivity index (χ1v) is 13.5. The molecule has 0 aliphatic carbocycles. The summed E-state index contributed by atoms with van der Waals surface area (Å²) in [5.41, 5.74) is 0. The second kappa shape index (κ2) is 8.27. The van der Waals surface area contributed by atoms with Gasteiger partial charge in [-0.25, -0.2) is 0 Å². The predicted molar refractivity (Wildman–Crippen MR) is 133 cm³/mol.